The second kappa shape index (κ2) is 6.11. The Morgan fingerprint density at radius 1 is 1.43 bits per heavy atom. The van der Waals surface area contributed by atoms with E-state index in [4.69, 9.17) is 0 Å². The van der Waals surface area contributed by atoms with E-state index in [0.29, 0.717) is 19.0 Å². The molecule has 1 atom stereocenters. The van der Waals surface area contributed by atoms with Gasteiger partial charge < -0.3 is 4.90 Å². The fourth-order valence-corrected chi connectivity index (χ4v) is 2.85. The molecular weight excluding hydrogens is 266 g/mol. The van der Waals surface area contributed by atoms with Crippen molar-refractivity contribution in [2.24, 2.45) is 0 Å². The van der Waals surface area contributed by atoms with E-state index in [1.807, 2.05) is 45.8 Å². The number of rotatable bonds is 4. The Morgan fingerprint density at radius 3 is 3.05 bits per heavy atom. The van der Waals surface area contributed by atoms with Gasteiger partial charge in [0.05, 0.1) is 12.2 Å². The average molecular weight is 287 g/mol. The second-order valence-electron chi connectivity index (χ2n) is 5.65. The number of hydrogen-bond acceptors (Lipinski definition) is 3. The largest absolute Gasteiger partial charge is 0.340 e. The van der Waals surface area contributed by atoms with Gasteiger partial charge in [-0.25, -0.2) is 0 Å². The number of carbonyl (C=O) groups excluding carboxylic acids is 1. The van der Waals surface area contributed by atoms with Gasteiger partial charge in [0, 0.05) is 44.6 Å². The van der Waals surface area contributed by atoms with Crippen molar-refractivity contribution < 1.29 is 4.79 Å². The lowest BCUT2D eigenvalue weighted by Crippen LogP contribution is -2.41. The smallest absolute Gasteiger partial charge is 0.224 e. The molecule has 0 spiro atoms. The Morgan fingerprint density at radius 2 is 2.33 bits per heavy atom. The minimum atomic E-state index is 0.208. The Hall–Kier alpha value is -2.11. The third-order valence-corrected chi connectivity index (χ3v) is 3.97. The molecule has 0 saturated carbocycles. The van der Waals surface area contributed by atoms with Crippen LogP contribution in [0.3, 0.4) is 0 Å². The number of hydrogen-bond donors (Lipinski definition) is 0. The molecule has 1 amide bonds. The number of nitrogens with zero attached hydrogens (tertiary/aromatic N) is 5. The van der Waals surface area contributed by atoms with E-state index in [1.54, 1.807) is 6.20 Å². The molecule has 1 aliphatic rings. The number of piperidine rings is 1. The van der Waals surface area contributed by atoms with Crippen molar-refractivity contribution in [1.82, 2.24) is 24.5 Å². The Labute approximate surface area is 124 Å². The number of aryl methyl sites for hydroxylation is 2. The maximum atomic E-state index is 12.3. The van der Waals surface area contributed by atoms with Crippen LogP contribution in [0.1, 0.15) is 30.9 Å². The molecule has 3 heterocycles. The maximum Gasteiger partial charge on any atom is 0.224 e. The molecule has 0 bridgehead atoms. The monoisotopic (exact) mass is 287 g/mol. The topological polar surface area (TPSA) is 56.0 Å². The molecule has 1 aliphatic heterocycles. The summed E-state index contributed by atoms with van der Waals surface area (Å²) in [7, 11) is 0. The minimum absolute atomic E-state index is 0.208. The van der Waals surface area contributed by atoms with Gasteiger partial charge in [-0.3, -0.25) is 14.2 Å². The number of likely N-dealkylation sites (tertiary alicyclic amines) is 1. The van der Waals surface area contributed by atoms with Crippen molar-refractivity contribution in [2.75, 3.05) is 13.1 Å². The quantitative estimate of drug-likeness (QED) is 0.859. The second-order valence-corrected chi connectivity index (χ2v) is 5.65. The van der Waals surface area contributed by atoms with E-state index in [0.717, 1.165) is 31.5 Å². The van der Waals surface area contributed by atoms with Crippen LogP contribution >= 0.6 is 0 Å². The van der Waals surface area contributed by atoms with Crippen LogP contribution in [-0.4, -0.2) is 43.5 Å². The molecule has 1 fully saturated rings. The molecule has 0 aromatic carbocycles. The van der Waals surface area contributed by atoms with Crippen molar-refractivity contribution in [3.8, 4) is 0 Å². The highest BCUT2D eigenvalue weighted by atomic mass is 16.2. The van der Waals surface area contributed by atoms with E-state index in [2.05, 4.69) is 10.2 Å². The lowest BCUT2D eigenvalue weighted by molar-refractivity contribution is -0.133. The molecular formula is C15H21N5O. The van der Waals surface area contributed by atoms with Crippen LogP contribution < -0.4 is 0 Å². The van der Waals surface area contributed by atoms with Crippen LogP contribution in [0.4, 0.5) is 0 Å². The standard InChI is InChI=1S/C15H21N5O/c1-13-10-17-19(11-13)9-5-15(21)18-7-2-4-14(12-18)20-8-3-6-16-20/h3,6,8,10-11,14H,2,4-5,7,9,12H2,1H3/t14-/m0/s1. The van der Waals surface area contributed by atoms with Gasteiger partial charge in [0.2, 0.25) is 5.91 Å². The lowest BCUT2D eigenvalue weighted by Gasteiger charge is -2.33. The summed E-state index contributed by atoms with van der Waals surface area (Å²) >= 11 is 0. The van der Waals surface area contributed by atoms with Crippen molar-refractivity contribution in [2.45, 2.75) is 38.8 Å². The van der Waals surface area contributed by atoms with Crippen LogP contribution in [0.25, 0.3) is 0 Å². The molecule has 2 aromatic rings. The molecule has 112 valence electrons. The zero-order valence-corrected chi connectivity index (χ0v) is 12.4. The van der Waals surface area contributed by atoms with Gasteiger partial charge in [-0.05, 0) is 31.4 Å². The number of amides is 1. The van der Waals surface area contributed by atoms with Crippen LogP contribution in [0.15, 0.2) is 30.9 Å². The van der Waals surface area contributed by atoms with Crippen molar-refractivity contribution in [3.63, 3.8) is 0 Å². The molecule has 21 heavy (non-hydrogen) atoms. The van der Waals surface area contributed by atoms with Gasteiger partial charge in [0.1, 0.15) is 0 Å². The molecule has 6 nitrogen and oxygen atoms in total. The highest BCUT2D eigenvalue weighted by molar-refractivity contribution is 5.76. The number of carbonyl (C=O) groups is 1. The molecule has 0 unspecified atom stereocenters. The van der Waals surface area contributed by atoms with E-state index in [9.17, 15) is 4.79 Å². The fourth-order valence-electron chi connectivity index (χ4n) is 2.85. The normalized spacial score (nSPS) is 18.9. The lowest BCUT2D eigenvalue weighted by atomic mass is 10.1. The van der Waals surface area contributed by atoms with E-state index in [1.165, 1.54) is 0 Å². The predicted molar refractivity (Wildman–Crippen MR) is 78.7 cm³/mol. The van der Waals surface area contributed by atoms with Crippen molar-refractivity contribution in [1.29, 1.82) is 0 Å². The summed E-state index contributed by atoms with van der Waals surface area (Å²) in [4.78, 5) is 14.3. The first-order chi connectivity index (χ1) is 10.2. The van der Waals surface area contributed by atoms with E-state index in [-0.39, 0.29) is 5.91 Å². The average Bonchev–Trinajstić information content (AvgIpc) is 3.16. The highest BCUT2D eigenvalue weighted by Gasteiger charge is 2.24. The van der Waals surface area contributed by atoms with E-state index < -0.39 is 0 Å². The minimum Gasteiger partial charge on any atom is -0.340 e. The fraction of sp³-hybridized carbons (Fsp3) is 0.533. The summed E-state index contributed by atoms with van der Waals surface area (Å²) in [6.07, 6.45) is 10.2. The van der Waals surface area contributed by atoms with Gasteiger partial charge >= 0.3 is 0 Å². The van der Waals surface area contributed by atoms with Crippen LogP contribution in [0, 0.1) is 6.92 Å². The predicted octanol–water partition coefficient (Wildman–Crippen LogP) is 1.64. The van der Waals surface area contributed by atoms with Crippen LogP contribution in [0.5, 0.6) is 0 Å². The van der Waals surface area contributed by atoms with Gasteiger partial charge in [0.25, 0.3) is 0 Å². The van der Waals surface area contributed by atoms with Gasteiger partial charge in [-0.1, -0.05) is 0 Å². The summed E-state index contributed by atoms with van der Waals surface area (Å²) < 4.78 is 3.80. The van der Waals surface area contributed by atoms with Crippen LogP contribution in [0.2, 0.25) is 0 Å². The third-order valence-electron chi connectivity index (χ3n) is 3.97. The Bertz CT molecular complexity index is 589. The molecule has 0 N–H and O–H groups in total. The van der Waals surface area contributed by atoms with Gasteiger partial charge in [-0.15, -0.1) is 0 Å². The van der Waals surface area contributed by atoms with Crippen molar-refractivity contribution >= 4 is 5.91 Å². The van der Waals surface area contributed by atoms with Crippen LogP contribution in [-0.2, 0) is 11.3 Å². The molecule has 3 rings (SSSR count). The third kappa shape index (κ3) is 3.32. The van der Waals surface area contributed by atoms with Crippen molar-refractivity contribution in [3.05, 3.63) is 36.4 Å². The molecule has 1 saturated heterocycles. The summed E-state index contributed by atoms with van der Waals surface area (Å²) in [5.41, 5.74) is 1.12. The summed E-state index contributed by atoms with van der Waals surface area (Å²) in [5.74, 6) is 0.208. The Balaban J connectivity index is 1.54. The first-order valence-electron chi connectivity index (χ1n) is 7.48. The molecule has 0 aliphatic carbocycles. The van der Waals surface area contributed by atoms with E-state index >= 15 is 0 Å². The maximum absolute atomic E-state index is 12.3. The summed E-state index contributed by atoms with van der Waals surface area (Å²) in [5, 5.41) is 8.51. The Kier molecular flexibility index (Phi) is 4.03. The summed E-state index contributed by atoms with van der Waals surface area (Å²) in [6.45, 7) is 4.27. The number of aromatic nitrogens is 4. The first-order valence-corrected chi connectivity index (χ1v) is 7.48. The van der Waals surface area contributed by atoms with Gasteiger partial charge in [0.15, 0.2) is 0 Å². The molecule has 2 aromatic heterocycles. The first kappa shape index (κ1) is 13.9. The molecule has 0 radical (unpaired) electrons. The zero-order valence-electron chi connectivity index (χ0n) is 12.4. The van der Waals surface area contributed by atoms with Gasteiger partial charge in [-0.2, -0.15) is 10.2 Å². The molecule has 6 heteroatoms. The SMILES string of the molecule is Cc1cnn(CCC(=O)N2CCC[C@H](n3cccn3)C2)c1. The summed E-state index contributed by atoms with van der Waals surface area (Å²) in [6, 6.07) is 2.24. The zero-order chi connectivity index (χ0) is 14.7. The highest BCUT2D eigenvalue weighted by Crippen LogP contribution is 2.21.